The molecule has 3 unspecified atom stereocenters. The molecule has 1 saturated carbocycles. The van der Waals surface area contributed by atoms with E-state index < -0.39 is 0 Å². The zero-order valence-corrected chi connectivity index (χ0v) is 11.1. The Kier molecular flexibility index (Phi) is 2.63. The van der Waals surface area contributed by atoms with Gasteiger partial charge in [0.1, 0.15) is 0 Å². The van der Waals surface area contributed by atoms with Crippen molar-refractivity contribution in [1.29, 1.82) is 0 Å². The van der Waals surface area contributed by atoms with Crippen LogP contribution in [0.15, 0.2) is 23.8 Å². The molecule has 1 aliphatic carbocycles. The zero-order valence-electron chi connectivity index (χ0n) is 11.1. The van der Waals surface area contributed by atoms with Crippen LogP contribution in [-0.2, 0) is 14.3 Å². The molecule has 0 N–H and O–H groups in total. The van der Waals surface area contributed by atoms with Crippen molar-refractivity contribution in [3.05, 3.63) is 23.8 Å². The van der Waals surface area contributed by atoms with Crippen LogP contribution in [0.5, 0.6) is 0 Å². The lowest BCUT2D eigenvalue weighted by Crippen LogP contribution is -2.11. The van der Waals surface area contributed by atoms with Crippen LogP contribution in [0.2, 0.25) is 0 Å². The molecule has 3 rings (SSSR count). The molecule has 0 bridgehead atoms. The highest BCUT2D eigenvalue weighted by Crippen LogP contribution is 2.50. The highest BCUT2D eigenvalue weighted by atomic mass is 16.7. The first-order valence-electron chi connectivity index (χ1n) is 6.65. The van der Waals surface area contributed by atoms with Gasteiger partial charge in [0.05, 0.1) is 18.9 Å². The number of rotatable bonds is 1. The van der Waals surface area contributed by atoms with Crippen LogP contribution in [0.25, 0.3) is 0 Å². The van der Waals surface area contributed by atoms with E-state index in [2.05, 4.69) is 20.4 Å². The van der Waals surface area contributed by atoms with Crippen molar-refractivity contribution in [2.75, 3.05) is 6.61 Å². The van der Waals surface area contributed by atoms with E-state index in [0.29, 0.717) is 24.4 Å². The van der Waals surface area contributed by atoms with E-state index in [9.17, 15) is 4.79 Å². The third-order valence-electron chi connectivity index (χ3n) is 4.40. The van der Waals surface area contributed by atoms with Gasteiger partial charge >= 0.3 is 5.97 Å². The van der Waals surface area contributed by atoms with Crippen molar-refractivity contribution in [3.8, 4) is 0 Å². The van der Waals surface area contributed by atoms with Gasteiger partial charge in [-0.3, -0.25) is 4.79 Å². The highest BCUT2D eigenvalue weighted by Gasteiger charge is 2.46. The summed E-state index contributed by atoms with van der Waals surface area (Å²) in [6, 6.07) is 0. The van der Waals surface area contributed by atoms with Crippen LogP contribution in [0.1, 0.15) is 33.1 Å². The molecule has 3 atom stereocenters. The quantitative estimate of drug-likeness (QED) is 0.529. The number of allylic oxidation sites excluding steroid dienone is 2. The maximum absolute atomic E-state index is 11.4. The molecule has 98 valence electrons. The molecular formula is C15H20O3. The van der Waals surface area contributed by atoms with Gasteiger partial charge in [0.25, 0.3) is 0 Å². The van der Waals surface area contributed by atoms with E-state index in [4.69, 9.17) is 9.47 Å². The lowest BCUT2D eigenvalue weighted by Gasteiger charge is -2.15. The number of ether oxygens (including phenoxy) is 2. The minimum absolute atomic E-state index is 0.129. The third-order valence-corrected chi connectivity index (χ3v) is 4.40. The van der Waals surface area contributed by atoms with Gasteiger partial charge in [-0.25, -0.2) is 0 Å². The number of hydrogen-bond donors (Lipinski definition) is 0. The Bertz CT molecular complexity index is 433. The second-order valence-corrected chi connectivity index (χ2v) is 6.42. The predicted molar refractivity (Wildman–Crippen MR) is 67.7 cm³/mol. The molecule has 0 aromatic heterocycles. The van der Waals surface area contributed by atoms with E-state index in [-0.39, 0.29) is 18.2 Å². The van der Waals surface area contributed by atoms with Crippen LogP contribution in [-0.4, -0.2) is 18.9 Å². The van der Waals surface area contributed by atoms with Crippen molar-refractivity contribution in [2.24, 2.45) is 17.3 Å². The number of hydrogen-bond acceptors (Lipinski definition) is 3. The van der Waals surface area contributed by atoms with Crippen LogP contribution in [0.4, 0.5) is 0 Å². The molecule has 3 nitrogen and oxygen atoms in total. The average molecular weight is 248 g/mol. The average Bonchev–Trinajstić information content (AvgIpc) is 2.89. The molecule has 0 aromatic rings. The predicted octanol–water partition coefficient (Wildman–Crippen LogP) is 2.82. The SMILES string of the molecule is C=CC1CC(C)(C)CC1=C1COC2OC(=O)CC12. The summed E-state index contributed by atoms with van der Waals surface area (Å²) in [6.45, 7) is 9.17. The highest BCUT2D eigenvalue weighted by molar-refractivity contribution is 5.73. The molecule has 2 aliphatic heterocycles. The molecular weight excluding hydrogens is 228 g/mol. The first-order valence-corrected chi connectivity index (χ1v) is 6.65. The molecule has 3 heteroatoms. The second kappa shape index (κ2) is 3.95. The first-order chi connectivity index (χ1) is 8.50. The van der Waals surface area contributed by atoms with Crippen molar-refractivity contribution in [1.82, 2.24) is 0 Å². The van der Waals surface area contributed by atoms with Crippen LogP contribution < -0.4 is 0 Å². The second-order valence-electron chi connectivity index (χ2n) is 6.42. The van der Waals surface area contributed by atoms with Crippen LogP contribution >= 0.6 is 0 Å². The zero-order chi connectivity index (χ0) is 12.9. The Hall–Kier alpha value is -1.09. The minimum Gasteiger partial charge on any atom is -0.435 e. The van der Waals surface area contributed by atoms with E-state index in [1.54, 1.807) is 0 Å². The van der Waals surface area contributed by atoms with Gasteiger partial charge in [0.2, 0.25) is 6.29 Å². The molecule has 0 spiro atoms. The fraction of sp³-hybridized carbons (Fsp3) is 0.667. The van der Waals surface area contributed by atoms with Gasteiger partial charge in [-0.15, -0.1) is 6.58 Å². The molecule has 3 fully saturated rings. The van der Waals surface area contributed by atoms with Crippen molar-refractivity contribution in [2.45, 2.75) is 39.4 Å². The summed E-state index contributed by atoms with van der Waals surface area (Å²) >= 11 is 0. The van der Waals surface area contributed by atoms with Crippen LogP contribution in [0, 0.1) is 17.3 Å². The maximum atomic E-state index is 11.4. The molecule has 0 amide bonds. The smallest absolute Gasteiger partial charge is 0.308 e. The summed E-state index contributed by atoms with van der Waals surface area (Å²) in [4.78, 5) is 11.4. The molecule has 2 saturated heterocycles. The van der Waals surface area contributed by atoms with Gasteiger partial charge in [-0.05, 0) is 29.7 Å². The minimum atomic E-state index is -0.325. The van der Waals surface area contributed by atoms with E-state index in [1.165, 1.54) is 11.1 Å². The summed E-state index contributed by atoms with van der Waals surface area (Å²) < 4.78 is 10.8. The third kappa shape index (κ3) is 1.81. The first kappa shape index (κ1) is 12.0. The van der Waals surface area contributed by atoms with E-state index in [1.807, 2.05) is 6.08 Å². The fourth-order valence-corrected chi connectivity index (χ4v) is 3.60. The number of esters is 1. The normalized spacial score (nSPS) is 41.9. The molecule has 18 heavy (non-hydrogen) atoms. The summed E-state index contributed by atoms with van der Waals surface area (Å²) in [7, 11) is 0. The van der Waals surface area contributed by atoms with Gasteiger partial charge in [-0.1, -0.05) is 25.5 Å². The number of fused-ring (bicyclic) bond motifs is 1. The van der Waals surface area contributed by atoms with Crippen LogP contribution in [0.3, 0.4) is 0 Å². The Morgan fingerprint density at radius 1 is 1.39 bits per heavy atom. The standard InChI is InChI=1S/C15H20O3/c1-4-9-6-15(2,3)7-11(9)12-8-17-14-10(12)5-13(16)18-14/h4,9-10,14H,1,5-8H2,2-3H3. The Labute approximate surface area is 108 Å². The number of carbonyl (C=O) groups excluding carboxylic acids is 1. The fourth-order valence-electron chi connectivity index (χ4n) is 3.60. The largest absolute Gasteiger partial charge is 0.435 e. The van der Waals surface area contributed by atoms with Gasteiger partial charge in [-0.2, -0.15) is 0 Å². The van der Waals surface area contributed by atoms with E-state index >= 15 is 0 Å². The van der Waals surface area contributed by atoms with Crippen molar-refractivity contribution < 1.29 is 14.3 Å². The molecule has 0 radical (unpaired) electrons. The topological polar surface area (TPSA) is 35.5 Å². The Morgan fingerprint density at radius 3 is 2.89 bits per heavy atom. The molecule has 0 aromatic carbocycles. The Balaban J connectivity index is 1.94. The van der Waals surface area contributed by atoms with Crippen molar-refractivity contribution in [3.63, 3.8) is 0 Å². The monoisotopic (exact) mass is 248 g/mol. The summed E-state index contributed by atoms with van der Waals surface area (Å²) in [6.07, 6.45) is 4.42. The molecule has 2 heterocycles. The molecule has 3 aliphatic rings. The summed E-state index contributed by atoms with van der Waals surface area (Å²) in [5, 5.41) is 0. The van der Waals surface area contributed by atoms with Gasteiger partial charge in [0, 0.05) is 0 Å². The maximum Gasteiger partial charge on any atom is 0.308 e. The lowest BCUT2D eigenvalue weighted by atomic mass is 9.88. The lowest BCUT2D eigenvalue weighted by molar-refractivity contribution is -0.158. The van der Waals surface area contributed by atoms with E-state index in [0.717, 1.165) is 12.8 Å². The number of carbonyl (C=O) groups is 1. The van der Waals surface area contributed by atoms with Gasteiger partial charge < -0.3 is 9.47 Å². The Morgan fingerprint density at radius 2 is 2.17 bits per heavy atom. The summed E-state index contributed by atoms with van der Waals surface area (Å²) in [5.41, 5.74) is 3.07. The van der Waals surface area contributed by atoms with Crippen molar-refractivity contribution >= 4 is 5.97 Å². The van der Waals surface area contributed by atoms with Gasteiger partial charge in [0.15, 0.2) is 0 Å². The summed E-state index contributed by atoms with van der Waals surface area (Å²) in [5.74, 6) is 0.465.